The molecule has 1 heterocycles. The summed E-state index contributed by atoms with van der Waals surface area (Å²) in [4.78, 5) is 18.0. The molecule has 1 N–H and O–H groups in total. The summed E-state index contributed by atoms with van der Waals surface area (Å²) in [5.41, 5.74) is 1.14. The van der Waals surface area contributed by atoms with Gasteiger partial charge in [0, 0.05) is 31.2 Å². The van der Waals surface area contributed by atoms with Crippen LogP contribution in [0.4, 0.5) is 5.69 Å². The predicted octanol–water partition coefficient (Wildman–Crippen LogP) is 3.29. The van der Waals surface area contributed by atoms with Crippen molar-refractivity contribution >= 4 is 53.0 Å². The molecule has 0 radical (unpaired) electrons. The number of methoxy groups -OCH3 is 1. The summed E-state index contributed by atoms with van der Waals surface area (Å²) in [6.45, 7) is 0.759. The van der Waals surface area contributed by atoms with E-state index in [-0.39, 0.29) is 21.0 Å². The lowest BCUT2D eigenvalue weighted by molar-refractivity contribution is 0.0997. The second-order valence-corrected chi connectivity index (χ2v) is 12.6. The van der Waals surface area contributed by atoms with E-state index >= 15 is 0 Å². The first kappa shape index (κ1) is 25.8. The highest BCUT2D eigenvalue weighted by molar-refractivity contribution is 7.92. The SMILES string of the molecule is COCCn1c(=NC(=O)c2cccc(NS(=O)(=O)c3ccccc3)c2)sc2cc(S(C)(=O)=O)ccc21. The van der Waals surface area contributed by atoms with Gasteiger partial charge in [-0.2, -0.15) is 4.99 Å². The number of anilines is 1. The number of hydrogen-bond donors (Lipinski definition) is 1. The van der Waals surface area contributed by atoms with Crippen molar-refractivity contribution in [2.24, 2.45) is 4.99 Å². The van der Waals surface area contributed by atoms with Crippen molar-refractivity contribution in [3.8, 4) is 0 Å². The number of carbonyl (C=O) groups is 1. The lowest BCUT2D eigenvalue weighted by Gasteiger charge is -2.08. The van der Waals surface area contributed by atoms with E-state index in [1.165, 1.54) is 35.6 Å². The number of benzene rings is 3. The standard InChI is InChI=1S/C24H23N3O6S3/c1-33-14-13-27-21-12-11-20(35(2,29)30)16-22(21)34-24(27)25-23(28)17-7-6-8-18(15-17)26-36(31,32)19-9-4-3-5-10-19/h3-12,15-16,26H,13-14H2,1-2H3. The number of fused-ring (bicyclic) bond motifs is 1. The van der Waals surface area contributed by atoms with E-state index < -0.39 is 25.8 Å². The molecule has 0 atom stereocenters. The molecule has 1 aromatic heterocycles. The molecule has 9 nitrogen and oxygen atoms in total. The summed E-state index contributed by atoms with van der Waals surface area (Å²) < 4.78 is 59.3. The Morgan fingerprint density at radius 2 is 1.72 bits per heavy atom. The van der Waals surface area contributed by atoms with Crippen molar-refractivity contribution in [2.75, 3.05) is 24.7 Å². The molecule has 0 aliphatic heterocycles. The first-order chi connectivity index (χ1) is 17.1. The molecule has 0 spiro atoms. The van der Waals surface area contributed by atoms with Crippen molar-refractivity contribution in [3.63, 3.8) is 0 Å². The van der Waals surface area contributed by atoms with E-state index in [9.17, 15) is 21.6 Å². The Kier molecular flexibility index (Phi) is 7.41. The maximum Gasteiger partial charge on any atom is 0.279 e. The van der Waals surface area contributed by atoms with Gasteiger partial charge in [0.25, 0.3) is 15.9 Å². The van der Waals surface area contributed by atoms with E-state index in [1.54, 1.807) is 60.2 Å². The molecule has 0 fully saturated rings. The molecule has 3 aromatic carbocycles. The van der Waals surface area contributed by atoms with Crippen LogP contribution in [-0.2, 0) is 31.1 Å². The Morgan fingerprint density at radius 1 is 0.972 bits per heavy atom. The van der Waals surface area contributed by atoms with E-state index in [4.69, 9.17) is 4.74 Å². The number of carbonyl (C=O) groups excluding carboxylic acids is 1. The van der Waals surface area contributed by atoms with Crippen LogP contribution in [0.2, 0.25) is 0 Å². The molecular weight excluding hydrogens is 522 g/mol. The van der Waals surface area contributed by atoms with Crippen LogP contribution in [0.15, 0.2) is 87.6 Å². The second-order valence-electron chi connectivity index (χ2n) is 7.85. The van der Waals surface area contributed by atoms with Gasteiger partial charge in [-0.05, 0) is 48.5 Å². The van der Waals surface area contributed by atoms with E-state index in [2.05, 4.69) is 9.71 Å². The van der Waals surface area contributed by atoms with E-state index in [1.807, 2.05) is 0 Å². The van der Waals surface area contributed by atoms with Crippen molar-refractivity contribution in [2.45, 2.75) is 16.3 Å². The molecule has 0 saturated carbocycles. The Bertz CT molecular complexity index is 1710. The zero-order valence-corrected chi connectivity index (χ0v) is 21.9. The zero-order valence-electron chi connectivity index (χ0n) is 19.4. The van der Waals surface area contributed by atoms with E-state index in [0.717, 1.165) is 11.8 Å². The summed E-state index contributed by atoms with van der Waals surface area (Å²) in [7, 11) is -5.67. The topological polar surface area (TPSA) is 124 Å². The minimum Gasteiger partial charge on any atom is -0.383 e. The molecule has 0 aliphatic rings. The molecule has 1 amide bonds. The van der Waals surface area contributed by atoms with Crippen molar-refractivity contribution in [1.29, 1.82) is 0 Å². The minimum absolute atomic E-state index is 0.101. The van der Waals surface area contributed by atoms with Gasteiger partial charge in [-0.25, -0.2) is 16.8 Å². The van der Waals surface area contributed by atoms with Crippen molar-refractivity contribution < 1.29 is 26.4 Å². The number of thiazole rings is 1. The number of aromatic nitrogens is 1. The fourth-order valence-corrected chi connectivity index (χ4v) is 6.34. The van der Waals surface area contributed by atoms with Crippen LogP contribution in [-0.4, -0.2) is 47.3 Å². The van der Waals surface area contributed by atoms with Crippen LogP contribution in [0.3, 0.4) is 0 Å². The smallest absolute Gasteiger partial charge is 0.279 e. The molecule has 4 aromatic rings. The lowest BCUT2D eigenvalue weighted by atomic mass is 10.2. The number of nitrogens with one attached hydrogen (secondary N) is 1. The third kappa shape index (κ3) is 5.73. The summed E-state index contributed by atoms with van der Waals surface area (Å²) in [6, 6.07) is 18.7. The maximum absolute atomic E-state index is 13.1. The molecular formula is C24H23N3O6S3. The fraction of sp³-hybridized carbons (Fsp3) is 0.167. The third-order valence-corrected chi connectivity index (χ3v) is 8.76. The molecule has 188 valence electrons. The zero-order chi connectivity index (χ0) is 25.9. The van der Waals surface area contributed by atoms with Crippen LogP contribution in [0.5, 0.6) is 0 Å². The van der Waals surface area contributed by atoms with Gasteiger partial charge in [0.15, 0.2) is 14.6 Å². The summed E-state index contributed by atoms with van der Waals surface area (Å²) >= 11 is 1.18. The number of rotatable bonds is 8. The Hall–Kier alpha value is -3.32. The average molecular weight is 546 g/mol. The van der Waals surface area contributed by atoms with Gasteiger partial charge in [0.2, 0.25) is 0 Å². The first-order valence-corrected chi connectivity index (χ1v) is 14.9. The van der Waals surface area contributed by atoms with Gasteiger partial charge in [0.1, 0.15) is 0 Å². The normalized spacial score (nSPS) is 12.7. The molecule has 0 unspecified atom stereocenters. The highest BCUT2D eigenvalue weighted by Crippen LogP contribution is 2.22. The highest BCUT2D eigenvalue weighted by Gasteiger charge is 2.16. The Labute approximate surface area is 212 Å². The highest BCUT2D eigenvalue weighted by atomic mass is 32.2. The summed E-state index contributed by atoms with van der Waals surface area (Å²) in [5.74, 6) is -0.572. The molecule has 0 saturated heterocycles. The molecule has 0 aliphatic carbocycles. The number of nitrogens with zero attached hydrogens (tertiary/aromatic N) is 2. The van der Waals surface area contributed by atoms with Crippen LogP contribution in [0, 0.1) is 0 Å². The van der Waals surface area contributed by atoms with Gasteiger partial charge < -0.3 is 9.30 Å². The van der Waals surface area contributed by atoms with Gasteiger partial charge in [0.05, 0.1) is 26.6 Å². The number of ether oxygens (including phenoxy) is 1. The van der Waals surface area contributed by atoms with Gasteiger partial charge in [-0.15, -0.1) is 0 Å². The maximum atomic E-state index is 13.1. The second kappa shape index (κ2) is 10.3. The summed E-state index contributed by atoms with van der Waals surface area (Å²) in [6.07, 6.45) is 1.13. The third-order valence-electron chi connectivity index (χ3n) is 5.21. The largest absolute Gasteiger partial charge is 0.383 e. The quantitative estimate of drug-likeness (QED) is 0.362. The van der Waals surface area contributed by atoms with Crippen molar-refractivity contribution in [1.82, 2.24) is 4.57 Å². The molecule has 0 bridgehead atoms. The predicted molar refractivity (Wildman–Crippen MR) is 138 cm³/mol. The van der Waals surface area contributed by atoms with E-state index in [0.29, 0.717) is 22.7 Å². The first-order valence-electron chi connectivity index (χ1n) is 10.7. The number of sulfone groups is 1. The number of hydrogen-bond acceptors (Lipinski definition) is 7. The van der Waals surface area contributed by atoms with Gasteiger partial charge in [-0.3, -0.25) is 9.52 Å². The average Bonchev–Trinajstić information content (AvgIpc) is 3.18. The molecule has 12 heteroatoms. The van der Waals surface area contributed by atoms with Crippen LogP contribution in [0.1, 0.15) is 10.4 Å². The minimum atomic E-state index is -3.82. The van der Waals surface area contributed by atoms with Crippen molar-refractivity contribution in [3.05, 3.63) is 83.2 Å². The Morgan fingerprint density at radius 3 is 2.42 bits per heavy atom. The van der Waals surface area contributed by atoms with Crippen LogP contribution < -0.4 is 9.52 Å². The lowest BCUT2D eigenvalue weighted by Crippen LogP contribution is -2.19. The fourth-order valence-electron chi connectivity index (χ4n) is 3.45. The van der Waals surface area contributed by atoms with Crippen LogP contribution >= 0.6 is 11.3 Å². The van der Waals surface area contributed by atoms with Gasteiger partial charge >= 0.3 is 0 Å². The number of amides is 1. The van der Waals surface area contributed by atoms with Crippen LogP contribution in [0.25, 0.3) is 10.2 Å². The van der Waals surface area contributed by atoms with Gasteiger partial charge in [-0.1, -0.05) is 35.6 Å². The Balaban J connectivity index is 1.71. The molecule has 36 heavy (non-hydrogen) atoms. The monoisotopic (exact) mass is 545 g/mol. The number of sulfonamides is 1. The summed E-state index contributed by atoms with van der Waals surface area (Å²) in [5, 5.41) is 0. The molecule has 4 rings (SSSR count).